The maximum atomic E-state index is 5.13. The molecule has 4 nitrogen and oxygen atoms in total. The number of hydrogen-bond donors (Lipinski definition) is 1. The fourth-order valence-corrected chi connectivity index (χ4v) is 1.15. The topological polar surface area (TPSA) is 47.0 Å². The zero-order chi connectivity index (χ0) is 10.4. The van der Waals surface area contributed by atoms with Crippen LogP contribution in [-0.4, -0.2) is 30.0 Å². The van der Waals surface area contributed by atoms with Gasteiger partial charge >= 0.3 is 0 Å². The van der Waals surface area contributed by atoms with Crippen molar-refractivity contribution in [3.63, 3.8) is 0 Å². The van der Waals surface area contributed by atoms with Gasteiger partial charge in [0, 0.05) is 13.3 Å². The van der Waals surface area contributed by atoms with E-state index in [1.54, 1.807) is 13.3 Å². The second-order valence-electron chi connectivity index (χ2n) is 3.56. The van der Waals surface area contributed by atoms with Gasteiger partial charge in [-0.15, -0.1) is 5.10 Å². The molecule has 4 heteroatoms. The van der Waals surface area contributed by atoms with Gasteiger partial charge in [0.1, 0.15) is 5.82 Å². The third-order valence-corrected chi connectivity index (χ3v) is 2.06. The Labute approximate surface area is 84.7 Å². The fourth-order valence-electron chi connectivity index (χ4n) is 1.15. The van der Waals surface area contributed by atoms with Crippen LogP contribution >= 0.6 is 0 Å². The second kappa shape index (κ2) is 5.54. The third kappa shape index (κ3) is 3.30. The van der Waals surface area contributed by atoms with Gasteiger partial charge in [0.2, 0.25) is 0 Å². The molecule has 1 aromatic heterocycles. The lowest BCUT2D eigenvalue weighted by molar-refractivity contribution is 0.171. The Bertz CT molecular complexity index is 251. The molecule has 1 unspecified atom stereocenters. The minimum atomic E-state index is 0.275. The molecule has 1 rings (SSSR count). The molecular formula is C10H17N3O. The summed E-state index contributed by atoms with van der Waals surface area (Å²) in [5, 5.41) is 11.1. The van der Waals surface area contributed by atoms with Crippen molar-refractivity contribution < 1.29 is 4.74 Å². The van der Waals surface area contributed by atoms with Crippen LogP contribution in [-0.2, 0) is 4.74 Å². The first-order chi connectivity index (χ1) is 6.74. The molecule has 14 heavy (non-hydrogen) atoms. The van der Waals surface area contributed by atoms with E-state index >= 15 is 0 Å². The Balaban J connectivity index is 2.55. The van der Waals surface area contributed by atoms with E-state index in [-0.39, 0.29) is 6.04 Å². The lowest BCUT2D eigenvalue weighted by atomic mass is 10.1. The number of anilines is 1. The SMILES string of the molecule is COCC(Nc1cccnn1)C(C)C. The molecule has 0 aromatic carbocycles. The van der Waals surface area contributed by atoms with E-state index in [4.69, 9.17) is 4.74 Å². The van der Waals surface area contributed by atoms with Gasteiger partial charge in [-0.3, -0.25) is 0 Å². The van der Waals surface area contributed by atoms with Crippen LogP contribution in [0.15, 0.2) is 18.3 Å². The highest BCUT2D eigenvalue weighted by Crippen LogP contribution is 2.09. The first-order valence-corrected chi connectivity index (χ1v) is 4.77. The third-order valence-electron chi connectivity index (χ3n) is 2.06. The van der Waals surface area contributed by atoms with Crippen molar-refractivity contribution in [3.05, 3.63) is 18.3 Å². The Morgan fingerprint density at radius 1 is 1.50 bits per heavy atom. The van der Waals surface area contributed by atoms with Gasteiger partial charge in [0.25, 0.3) is 0 Å². The number of rotatable bonds is 5. The van der Waals surface area contributed by atoms with E-state index in [1.807, 2.05) is 12.1 Å². The summed E-state index contributed by atoms with van der Waals surface area (Å²) in [6.07, 6.45) is 1.66. The van der Waals surface area contributed by atoms with Crippen molar-refractivity contribution in [2.24, 2.45) is 5.92 Å². The average Bonchev–Trinajstić information content (AvgIpc) is 2.18. The van der Waals surface area contributed by atoms with Crippen LogP contribution in [0.5, 0.6) is 0 Å². The van der Waals surface area contributed by atoms with Gasteiger partial charge in [0.05, 0.1) is 12.6 Å². The van der Waals surface area contributed by atoms with E-state index in [2.05, 4.69) is 29.4 Å². The minimum absolute atomic E-state index is 0.275. The van der Waals surface area contributed by atoms with E-state index in [9.17, 15) is 0 Å². The molecule has 0 saturated carbocycles. The van der Waals surface area contributed by atoms with E-state index < -0.39 is 0 Å². The number of methoxy groups -OCH3 is 1. The first kappa shape index (κ1) is 10.9. The summed E-state index contributed by atoms with van der Waals surface area (Å²) in [7, 11) is 1.70. The highest BCUT2D eigenvalue weighted by molar-refractivity contribution is 5.33. The minimum Gasteiger partial charge on any atom is -0.383 e. The van der Waals surface area contributed by atoms with E-state index in [0.29, 0.717) is 12.5 Å². The maximum absolute atomic E-state index is 5.13. The van der Waals surface area contributed by atoms with E-state index in [0.717, 1.165) is 5.82 Å². The molecule has 0 fully saturated rings. The van der Waals surface area contributed by atoms with Crippen LogP contribution in [0.2, 0.25) is 0 Å². The Hall–Kier alpha value is -1.16. The van der Waals surface area contributed by atoms with Crippen LogP contribution in [0, 0.1) is 5.92 Å². The highest BCUT2D eigenvalue weighted by Gasteiger charge is 2.12. The van der Waals surface area contributed by atoms with Gasteiger partial charge in [-0.25, -0.2) is 0 Å². The normalized spacial score (nSPS) is 12.9. The molecule has 0 radical (unpaired) electrons. The van der Waals surface area contributed by atoms with Gasteiger partial charge in [-0.1, -0.05) is 13.8 Å². The van der Waals surface area contributed by atoms with Crippen LogP contribution in [0.3, 0.4) is 0 Å². The molecule has 1 N–H and O–H groups in total. The van der Waals surface area contributed by atoms with Gasteiger partial charge in [-0.05, 0) is 18.1 Å². The molecule has 78 valence electrons. The highest BCUT2D eigenvalue weighted by atomic mass is 16.5. The van der Waals surface area contributed by atoms with Crippen molar-refractivity contribution in [2.45, 2.75) is 19.9 Å². The van der Waals surface area contributed by atoms with E-state index in [1.165, 1.54) is 0 Å². The summed E-state index contributed by atoms with van der Waals surface area (Å²) in [6, 6.07) is 4.04. The van der Waals surface area contributed by atoms with Crippen molar-refractivity contribution in [1.29, 1.82) is 0 Å². The first-order valence-electron chi connectivity index (χ1n) is 4.77. The second-order valence-corrected chi connectivity index (χ2v) is 3.56. The quantitative estimate of drug-likeness (QED) is 0.774. The number of ether oxygens (including phenoxy) is 1. The number of nitrogens with zero attached hydrogens (tertiary/aromatic N) is 2. The van der Waals surface area contributed by atoms with Crippen molar-refractivity contribution in [1.82, 2.24) is 10.2 Å². The van der Waals surface area contributed by atoms with Gasteiger partial charge in [0.15, 0.2) is 0 Å². The van der Waals surface area contributed by atoms with Crippen molar-refractivity contribution in [2.75, 3.05) is 19.0 Å². The Morgan fingerprint density at radius 2 is 2.29 bits per heavy atom. The van der Waals surface area contributed by atoms with Gasteiger partial charge < -0.3 is 10.1 Å². The Kier molecular flexibility index (Phi) is 4.32. The zero-order valence-electron chi connectivity index (χ0n) is 8.90. The summed E-state index contributed by atoms with van der Waals surface area (Å²) in [6.45, 7) is 4.97. The number of aromatic nitrogens is 2. The molecule has 0 aliphatic rings. The molecule has 0 saturated heterocycles. The maximum Gasteiger partial charge on any atom is 0.148 e. The molecule has 1 atom stereocenters. The van der Waals surface area contributed by atoms with Crippen LogP contribution in [0.4, 0.5) is 5.82 Å². The predicted octanol–water partition coefficient (Wildman–Crippen LogP) is 1.56. The molecule has 0 amide bonds. The summed E-state index contributed by atoms with van der Waals surface area (Å²) < 4.78 is 5.13. The van der Waals surface area contributed by atoms with Crippen molar-refractivity contribution in [3.8, 4) is 0 Å². The molecule has 0 aliphatic heterocycles. The molecule has 0 aliphatic carbocycles. The average molecular weight is 195 g/mol. The fraction of sp³-hybridized carbons (Fsp3) is 0.600. The standard InChI is InChI=1S/C10H17N3O/c1-8(2)9(7-14-3)12-10-5-4-6-11-13-10/h4-6,8-9H,7H2,1-3H3,(H,12,13). The van der Waals surface area contributed by atoms with Crippen molar-refractivity contribution >= 4 is 5.82 Å². The van der Waals surface area contributed by atoms with Crippen LogP contribution in [0.1, 0.15) is 13.8 Å². The zero-order valence-corrected chi connectivity index (χ0v) is 8.90. The summed E-state index contributed by atoms with van der Waals surface area (Å²) in [4.78, 5) is 0. The van der Waals surface area contributed by atoms with Crippen LogP contribution in [0.25, 0.3) is 0 Å². The summed E-state index contributed by atoms with van der Waals surface area (Å²) in [5.74, 6) is 1.29. The monoisotopic (exact) mass is 195 g/mol. The smallest absolute Gasteiger partial charge is 0.148 e. The lowest BCUT2D eigenvalue weighted by Crippen LogP contribution is -2.30. The van der Waals surface area contributed by atoms with Gasteiger partial charge in [-0.2, -0.15) is 5.10 Å². The molecule has 0 spiro atoms. The predicted molar refractivity (Wildman–Crippen MR) is 56.2 cm³/mol. The molecule has 0 bridgehead atoms. The largest absolute Gasteiger partial charge is 0.383 e. The Morgan fingerprint density at radius 3 is 2.79 bits per heavy atom. The summed E-state index contributed by atoms with van der Waals surface area (Å²) in [5.41, 5.74) is 0. The summed E-state index contributed by atoms with van der Waals surface area (Å²) >= 11 is 0. The number of hydrogen-bond acceptors (Lipinski definition) is 4. The molecular weight excluding hydrogens is 178 g/mol. The number of nitrogens with one attached hydrogen (secondary N) is 1. The lowest BCUT2D eigenvalue weighted by Gasteiger charge is -2.21. The molecule has 1 aromatic rings. The van der Waals surface area contributed by atoms with Crippen LogP contribution < -0.4 is 5.32 Å². The molecule has 1 heterocycles.